The van der Waals surface area contributed by atoms with Crippen molar-refractivity contribution in [3.63, 3.8) is 0 Å². The first-order valence-electron chi connectivity index (χ1n) is 9.09. The van der Waals surface area contributed by atoms with Gasteiger partial charge < -0.3 is 14.4 Å². The van der Waals surface area contributed by atoms with E-state index in [9.17, 15) is 9.59 Å². The van der Waals surface area contributed by atoms with Gasteiger partial charge in [-0.3, -0.25) is 14.5 Å². The normalized spacial score (nSPS) is 14.6. The Morgan fingerprint density at radius 2 is 1.82 bits per heavy atom. The molecule has 1 amide bonds. The highest BCUT2D eigenvalue weighted by Gasteiger charge is 2.21. The SMILES string of the molecule is COc1ccc(C=O)c(OCC(=O)N2CCN(Cc3ccc(Cl)cc3)CC2)c1. The molecule has 1 aliphatic rings. The number of halogens is 1. The molecular formula is C21H23ClN2O4. The molecule has 28 heavy (non-hydrogen) atoms. The van der Waals surface area contributed by atoms with Crippen LogP contribution in [-0.2, 0) is 11.3 Å². The van der Waals surface area contributed by atoms with Crippen molar-refractivity contribution in [3.05, 3.63) is 58.6 Å². The minimum Gasteiger partial charge on any atom is -0.497 e. The third-order valence-corrected chi connectivity index (χ3v) is 5.00. The van der Waals surface area contributed by atoms with Crippen molar-refractivity contribution in [2.75, 3.05) is 39.9 Å². The summed E-state index contributed by atoms with van der Waals surface area (Å²) in [5.74, 6) is 0.832. The van der Waals surface area contributed by atoms with Gasteiger partial charge in [0.2, 0.25) is 0 Å². The summed E-state index contributed by atoms with van der Waals surface area (Å²) in [4.78, 5) is 27.7. The molecule has 0 aromatic heterocycles. The van der Waals surface area contributed by atoms with Crippen LogP contribution in [0.2, 0.25) is 5.02 Å². The maximum atomic E-state index is 12.5. The summed E-state index contributed by atoms with van der Waals surface area (Å²) in [6.07, 6.45) is 0.703. The molecule has 2 aromatic rings. The molecule has 6 nitrogen and oxygen atoms in total. The quantitative estimate of drug-likeness (QED) is 0.666. The monoisotopic (exact) mass is 402 g/mol. The highest BCUT2D eigenvalue weighted by Crippen LogP contribution is 2.23. The Morgan fingerprint density at radius 3 is 2.46 bits per heavy atom. The maximum Gasteiger partial charge on any atom is 0.260 e. The van der Waals surface area contributed by atoms with Crippen LogP contribution in [0.5, 0.6) is 11.5 Å². The molecule has 3 rings (SSSR count). The molecule has 1 aliphatic heterocycles. The van der Waals surface area contributed by atoms with Crippen molar-refractivity contribution < 1.29 is 19.1 Å². The third-order valence-electron chi connectivity index (χ3n) is 4.74. The van der Waals surface area contributed by atoms with E-state index in [1.165, 1.54) is 12.7 Å². The topological polar surface area (TPSA) is 59.1 Å². The van der Waals surface area contributed by atoms with E-state index >= 15 is 0 Å². The number of carbonyl (C=O) groups is 2. The van der Waals surface area contributed by atoms with Crippen LogP contribution in [-0.4, -0.2) is 61.9 Å². The zero-order valence-corrected chi connectivity index (χ0v) is 16.5. The van der Waals surface area contributed by atoms with Crippen LogP contribution in [0, 0.1) is 0 Å². The van der Waals surface area contributed by atoms with Crippen LogP contribution >= 0.6 is 11.6 Å². The Kier molecular flexibility index (Phi) is 6.90. The van der Waals surface area contributed by atoms with E-state index in [2.05, 4.69) is 4.90 Å². The van der Waals surface area contributed by atoms with E-state index in [1.807, 2.05) is 24.3 Å². The number of nitrogens with zero attached hydrogens (tertiary/aromatic N) is 2. The third kappa shape index (κ3) is 5.24. The first-order chi connectivity index (χ1) is 13.6. The van der Waals surface area contributed by atoms with E-state index in [1.54, 1.807) is 23.1 Å². The van der Waals surface area contributed by atoms with Crippen LogP contribution in [0.3, 0.4) is 0 Å². The Morgan fingerprint density at radius 1 is 1.11 bits per heavy atom. The number of piperazine rings is 1. The second-order valence-corrected chi connectivity index (χ2v) is 7.03. The molecule has 0 atom stereocenters. The van der Waals surface area contributed by atoms with Gasteiger partial charge in [0.1, 0.15) is 11.5 Å². The van der Waals surface area contributed by atoms with Crippen LogP contribution in [0.1, 0.15) is 15.9 Å². The summed E-state index contributed by atoms with van der Waals surface area (Å²) >= 11 is 5.92. The summed E-state index contributed by atoms with van der Waals surface area (Å²) < 4.78 is 10.7. The van der Waals surface area contributed by atoms with E-state index < -0.39 is 0 Å². The number of methoxy groups -OCH3 is 1. The number of hydrogen-bond donors (Lipinski definition) is 0. The molecule has 0 saturated carbocycles. The van der Waals surface area contributed by atoms with Gasteiger partial charge in [-0.2, -0.15) is 0 Å². The van der Waals surface area contributed by atoms with E-state index in [4.69, 9.17) is 21.1 Å². The van der Waals surface area contributed by atoms with Gasteiger partial charge in [0.05, 0.1) is 12.7 Å². The first-order valence-corrected chi connectivity index (χ1v) is 9.47. The molecule has 0 bridgehead atoms. The molecule has 1 heterocycles. The predicted octanol–water partition coefficient (Wildman–Crippen LogP) is 2.88. The Hall–Kier alpha value is -2.57. The van der Waals surface area contributed by atoms with Crippen molar-refractivity contribution >= 4 is 23.8 Å². The molecular weight excluding hydrogens is 380 g/mol. The fourth-order valence-corrected chi connectivity index (χ4v) is 3.22. The molecule has 0 N–H and O–H groups in total. The average Bonchev–Trinajstić information content (AvgIpc) is 2.74. The number of hydrogen-bond acceptors (Lipinski definition) is 5. The fourth-order valence-electron chi connectivity index (χ4n) is 3.10. The predicted molar refractivity (Wildman–Crippen MR) is 107 cm³/mol. The summed E-state index contributed by atoms with van der Waals surface area (Å²) in [6.45, 7) is 3.62. The molecule has 0 radical (unpaired) electrons. The standard InChI is InChI=1S/C21H23ClN2O4/c1-27-19-7-4-17(14-25)20(12-19)28-15-21(26)24-10-8-23(9-11-24)13-16-2-5-18(22)6-3-16/h2-7,12,14H,8-11,13,15H2,1H3. The zero-order chi connectivity index (χ0) is 19.9. The fraction of sp³-hybridized carbons (Fsp3) is 0.333. The number of rotatable bonds is 7. The molecule has 148 valence electrons. The lowest BCUT2D eigenvalue weighted by Gasteiger charge is -2.34. The Labute approximate surface area is 169 Å². The molecule has 1 fully saturated rings. The van der Waals surface area contributed by atoms with Gasteiger partial charge in [-0.1, -0.05) is 23.7 Å². The number of ether oxygens (including phenoxy) is 2. The van der Waals surface area contributed by atoms with Gasteiger partial charge in [-0.15, -0.1) is 0 Å². The maximum absolute atomic E-state index is 12.5. The van der Waals surface area contributed by atoms with Crippen LogP contribution < -0.4 is 9.47 Å². The first kappa shape index (κ1) is 20.2. The summed E-state index contributed by atoms with van der Waals surface area (Å²) in [5.41, 5.74) is 1.59. The van der Waals surface area contributed by atoms with Crippen molar-refractivity contribution in [2.24, 2.45) is 0 Å². The van der Waals surface area contributed by atoms with Crippen molar-refractivity contribution in [1.82, 2.24) is 9.80 Å². The second kappa shape index (κ2) is 9.57. The lowest BCUT2D eigenvalue weighted by molar-refractivity contribution is -0.135. The second-order valence-electron chi connectivity index (χ2n) is 6.59. The molecule has 0 unspecified atom stereocenters. The summed E-state index contributed by atoms with van der Waals surface area (Å²) in [5, 5.41) is 0.730. The van der Waals surface area contributed by atoms with Gasteiger partial charge in [0, 0.05) is 43.8 Å². The van der Waals surface area contributed by atoms with Crippen LogP contribution in [0.25, 0.3) is 0 Å². The number of amides is 1. The minimum absolute atomic E-state index is 0.0918. The van der Waals surface area contributed by atoms with E-state index in [-0.39, 0.29) is 12.5 Å². The smallest absolute Gasteiger partial charge is 0.260 e. The lowest BCUT2D eigenvalue weighted by atomic mass is 10.2. The van der Waals surface area contributed by atoms with Crippen LogP contribution in [0.15, 0.2) is 42.5 Å². The van der Waals surface area contributed by atoms with Gasteiger partial charge in [-0.05, 0) is 29.8 Å². The van der Waals surface area contributed by atoms with E-state index in [0.29, 0.717) is 36.4 Å². The number of aldehydes is 1. The van der Waals surface area contributed by atoms with Crippen molar-refractivity contribution in [1.29, 1.82) is 0 Å². The molecule has 0 aliphatic carbocycles. The molecule has 0 spiro atoms. The largest absolute Gasteiger partial charge is 0.497 e. The van der Waals surface area contributed by atoms with Gasteiger partial charge in [0.25, 0.3) is 5.91 Å². The Balaban J connectivity index is 1.49. The minimum atomic E-state index is -0.106. The average molecular weight is 403 g/mol. The number of carbonyl (C=O) groups excluding carboxylic acids is 2. The molecule has 2 aromatic carbocycles. The highest BCUT2D eigenvalue weighted by molar-refractivity contribution is 6.30. The molecule has 7 heteroatoms. The lowest BCUT2D eigenvalue weighted by Crippen LogP contribution is -2.49. The van der Waals surface area contributed by atoms with Gasteiger partial charge in [-0.25, -0.2) is 0 Å². The summed E-state index contributed by atoms with van der Waals surface area (Å²) in [7, 11) is 1.54. The Bertz CT molecular complexity index is 818. The van der Waals surface area contributed by atoms with Crippen molar-refractivity contribution in [3.8, 4) is 11.5 Å². The zero-order valence-electron chi connectivity index (χ0n) is 15.8. The van der Waals surface area contributed by atoms with Crippen molar-refractivity contribution in [2.45, 2.75) is 6.54 Å². The van der Waals surface area contributed by atoms with Gasteiger partial charge in [0.15, 0.2) is 12.9 Å². The van der Waals surface area contributed by atoms with Crippen LogP contribution in [0.4, 0.5) is 0 Å². The number of benzene rings is 2. The van der Waals surface area contributed by atoms with Gasteiger partial charge >= 0.3 is 0 Å². The van der Waals surface area contributed by atoms with E-state index in [0.717, 1.165) is 24.7 Å². The highest BCUT2D eigenvalue weighted by atomic mass is 35.5. The molecule has 1 saturated heterocycles. The summed E-state index contributed by atoms with van der Waals surface area (Å²) in [6, 6.07) is 12.7.